The highest BCUT2D eigenvalue weighted by molar-refractivity contribution is 5.18. The zero-order valence-electron chi connectivity index (χ0n) is 9.09. The SMILES string of the molecule is CCC(CN)(Cc1ccccc1)NC. The fourth-order valence-corrected chi connectivity index (χ4v) is 1.70. The van der Waals surface area contributed by atoms with E-state index in [0.29, 0.717) is 6.54 Å². The summed E-state index contributed by atoms with van der Waals surface area (Å²) in [6.07, 6.45) is 2.05. The summed E-state index contributed by atoms with van der Waals surface area (Å²) in [5.41, 5.74) is 7.21. The molecular weight excluding hydrogens is 172 g/mol. The third kappa shape index (κ3) is 2.56. The van der Waals surface area contributed by atoms with Gasteiger partial charge in [-0.3, -0.25) is 0 Å². The van der Waals surface area contributed by atoms with Gasteiger partial charge >= 0.3 is 0 Å². The van der Waals surface area contributed by atoms with Gasteiger partial charge in [0, 0.05) is 12.1 Å². The highest BCUT2D eigenvalue weighted by Gasteiger charge is 2.23. The van der Waals surface area contributed by atoms with Gasteiger partial charge in [0.25, 0.3) is 0 Å². The summed E-state index contributed by atoms with van der Waals surface area (Å²) in [5, 5.41) is 3.34. The molecule has 3 N–H and O–H groups in total. The highest BCUT2D eigenvalue weighted by Crippen LogP contribution is 2.15. The molecule has 0 radical (unpaired) electrons. The van der Waals surface area contributed by atoms with Crippen LogP contribution in [0.5, 0.6) is 0 Å². The second-order valence-corrected chi connectivity index (χ2v) is 3.75. The van der Waals surface area contributed by atoms with E-state index in [0.717, 1.165) is 12.8 Å². The van der Waals surface area contributed by atoms with Crippen molar-refractivity contribution in [3.05, 3.63) is 35.9 Å². The molecule has 0 heterocycles. The van der Waals surface area contributed by atoms with E-state index in [9.17, 15) is 0 Å². The molecular formula is C12H20N2. The van der Waals surface area contributed by atoms with Gasteiger partial charge < -0.3 is 11.1 Å². The molecule has 2 nitrogen and oxygen atoms in total. The first-order valence-corrected chi connectivity index (χ1v) is 5.19. The van der Waals surface area contributed by atoms with E-state index in [1.54, 1.807) is 0 Å². The number of hydrogen-bond donors (Lipinski definition) is 2. The van der Waals surface area contributed by atoms with Crippen LogP contribution in [0.3, 0.4) is 0 Å². The lowest BCUT2D eigenvalue weighted by atomic mass is 9.88. The van der Waals surface area contributed by atoms with Gasteiger partial charge in [-0.05, 0) is 25.5 Å². The normalized spacial score (nSPS) is 15.1. The van der Waals surface area contributed by atoms with E-state index in [4.69, 9.17) is 5.73 Å². The second-order valence-electron chi connectivity index (χ2n) is 3.75. The summed E-state index contributed by atoms with van der Waals surface area (Å²) in [7, 11) is 1.99. The van der Waals surface area contributed by atoms with Crippen molar-refractivity contribution in [1.82, 2.24) is 5.32 Å². The van der Waals surface area contributed by atoms with Gasteiger partial charge in [-0.25, -0.2) is 0 Å². The molecule has 0 aliphatic carbocycles. The quantitative estimate of drug-likeness (QED) is 0.743. The number of likely N-dealkylation sites (N-methyl/N-ethyl adjacent to an activating group) is 1. The zero-order chi connectivity index (χ0) is 10.4. The summed E-state index contributed by atoms with van der Waals surface area (Å²) in [4.78, 5) is 0. The van der Waals surface area contributed by atoms with Crippen LogP contribution in [-0.4, -0.2) is 19.1 Å². The first kappa shape index (κ1) is 11.2. The third-order valence-corrected chi connectivity index (χ3v) is 2.98. The molecule has 1 rings (SSSR count). The first-order chi connectivity index (χ1) is 6.76. The van der Waals surface area contributed by atoms with Crippen molar-refractivity contribution in [3.63, 3.8) is 0 Å². The Hall–Kier alpha value is -0.860. The molecule has 0 saturated heterocycles. The van der Waals surface area contributed by atoms with Gasteiger partial charge in [0.1, 0.15) is 0 Å². The van der Waals surface area contributed by atoms with E-state index in [1.165, 1.54) is 5.56 Å². The number of benzene rings is 1. The maximum Gasteiger partial charge on any atom is 0.0339 e. The van der Waals surface area contributed by atoms with Crippen molar-refractivity contribution in [1.29, 1.82) is 0 Å². The molecule has 0 amide bonds. The Labute approximate surface area is 86.5 Å². The molecule has 78 valence electrons. The van der Waals surface area contributed by atoms with Crippen LogP contribution in [0.15, 0.2) is 30.3 Å². The highest BCUT2D eigenvalue weighted by atomic mass is 15.0. The number of hydrogen-bond acceptors (Lipinski definition) is 2. The largest absolute Gasteiger partial charge is 0.329 e. The van der Waals surface area contributed by atoms with E-state index in [-0.39, 0.29) is 5.54 Å². The molecule has 0 aliphatic heterocycles. The van der Waals surface area contributed by atoms with Gasteiger partial charge in [-0.15, -0.1) is 0 Å². The van der Waals surface area contributed by atoms with Crippen molar-refractivity contribution < 1.29 is 0 Å². The minimum absolute atomic E-state index is 0.0569. The molecule has 0 aromatic heterocycles. The lowest BCUT2D eigenvalue weighted by molar-refractivity contribution is 0.344. The van der Waals surface area contributed by atoms with Crippen molar-refractivity contribution in [3.8, 4) is 0 Å². The molecule has 0 spiro atoms. The Morgan fingerprint density at radius 2 is 1.93 bits per heavy atom. The summed E-state index contributed by atoms with van der Waals surface area (Å²) >= 11 is 0. The molecule has 0 bridgehead atoms. The maximum absolute atomic E-state index is 5.81. The molecule has 1 atom stereocenters. The van der Waals surface area contributed by atoms with Crippen LogP contribution in [-0.2, 0) is 6.42 Å². The molecule has 0 saturated carbocycles. The first-order valence-electron chi connectivity index (χ1n) is 5.19. The smallest absolute Gasteiger partial charge is 0.0339 e. The van der Waals surface area contributed by atoms with Crippen LogP contribution in [0.2, 0.25) is 0 Å². The summed E-state index contributed by atoms with van der Waals surface area (Å²) in [6.45, 7) is 2.85. The van der Waals surface area contributed by atoms with Gasteiger partial charge in [-0.1, -0.05) is 37.3 Å². The Morgan fingerprint density at radius 1 is 1.29 bits per heavy atom. The van der Waals surface area contributed by atoms with E-state index in [2.05, 4.69) is 36.5 Å². The number of nitrogens with two attached hydrogens (primary N) is 1. The Morgan fingerprint density at radius 3 is 2.36 bits per heavy atom. The van der Waals surface area contributed by atoms with Gasteiger partial charge in [-0.2, -0.15) is 0 Å². The summed E-state index contributed by atoms with van der Waals surface area (Å²) in [6, 6.07) is 10.5. The maximum atomic E-state index is 5.81. The van der Waals surface area contributed by atoms with Crippen LogP contribution in [0.1, 0.15) is 18.9 Å². The van der Waals surface area contributed by atoms with Gasteiger partial charge in [0.15, 0.2) is 0 Å². The molecule has 0 aliphatic rings. The molecule has 1 aromatic rings. The lowest BCUT2D eigenvalue weighted by Gasteiger charge is -2.31. The molecule has 2 heteroatoms. The van der Waals surface area contributed by atoms with E-state index in [1.807, 2.05) is 13.1 Å². The Balaban J connectivity index is 2.74. The van der Waals surface area contributed by atoms with E-state index >= 15 is 0 Å². The van der Waals surface area contributed by atoms with Crippen molar-refractivity contribution in [2.24, 2.45) is 5.73 Å². The summed E-state index contributed by atoms with van der Waals surface area (Å²) in [5.74, 6) is 0. The van der Waals surface area contributed by atoms with Crippen molar-refractivity contribution in [2.45, 2.75) is 25.3 Å². The fraction of sp³-hybridized carbons (Fsp3) is 0.500. The lowest BCUT2D eigenvalue weighted by Crippen LogP contribution is -2.50. The molecule has 0 fully saturated rings. The average Bonchev–Trinajstić information content (AvgIpc) is 2.28. The third-order valence-electron chi connectivity index (χ3n) is 2.98. The van der Waals surface area contributed by atoms with Crippen LogP contribution in [0, 0.1) is 0 Å². The molecule has 14 heavy (non-hydrogen) atoms. The predicted molar refractivity (Wildman–Crippen MR) is 61.3 cm³/mol. The zero-order valence-corrected chi connectivity index (χ0v) is 9.09. The Kier molecular flexibility index (Phi) is 4.11. The van der Waals surface area contributed by atoms with E-state index < -0.39 is 0 Å². The molecule has 1 unspecified atom stereocenters. The summed E-state index contributed by atoms with van der Waals surface area (Å²) < 4.78 is 0. The van der Waals surface area contributed by atoms with Crippen LogP contribution in [0.25, 0.3) is 0 Å². The predicted octanol–water partition coefficient (Wildman–Crippen LogP) is 1.56. The minimum Gasteiger partial charge on any atom is -0.329 e. The average molecular weight is 192 g/mol. The van der Waals surface area contributed by atoms with Crippen LogP contribution >= 0.6 is 0 Å². The topological polar surface area (TPSA) is 38.0 Å². The number of rotatable bonds is 5. The fourth-order valence-electron chi connectivity index (χ4n) is 1.70. The van der Waals surface area contributed by atoms with Gasteiger partial charge in [0.2, 0.25) is 0 Å². The Bertz CT molecular complexity index is 244. The minimum atomic E-state index is 0.0569. The van der Waals surface area contributed by atoms with Crippen molar-refractivity contribution >= 4 is 0 Å². The van der Waals surface area contributed by atoms with Gasteiger partial charge in [0.05, 0.1) is 0 Å². The second kappa shape index (κ2) is 5.13. The number of nitrogens with one attached hydrogen (secondary N) is 1. The monoisotopic (exact) mass is 192 g/mol. The molecule has 1 aromatic carbocycles. The van der Waals surface area contributed by atoms with Crippen LogP contribution in [0.4, 0.5) is 0 Å². The van der Waals surface area contributed by atoms with Crippen molar-refractivity contribution in [2.75, 3.05) is 13.6 Å². The standard InChI is InChI=1S/C12H20N2/c1-3-12(10-13,14-2)9-11-7-5-4-6-8-11/h4-8,14H,3,9-10,13H2,1-2H3. The van der Waals surface area contributed by atoms with Crippen LogP contribution < -0.4 is 11.1 Å².